The molecule has 1 N–H and O–H groups in total. The van der Waals surface area contributed by atoms with Crippen LogP contribution in [0.1, 0.15) is 26.3 Å². The molecule has 0 bridgehead atoms. The zero-order valence-corrected chi connectivity index (χ0v) is 12.0. The molecule has 1 rings (SSSR count). The van der Waals surface area contributed by atoms with Gasteiger partial charge in [-0.05, 0) is 44.0 Å². The molecule has 0 saturated carbocycles. The molecule has 0 saturated heterocycles. The van der Waals surface area contributed by atoms with Gasteiger partial charge in [-0.15, -0.1) is 0 Å². The lowest BCUT2D eigenvalue weighted by Gasteiger charge is -2.36. The summed E-state index contributed by atoms with van der Waals surface area (Å²) in [4.78, 5) is 2.33. The van der Waals surface area contributed by atoms with Crippen molar-refractivity contribution < 1.29 is 0 Å². The van der Waals surface area contributed by atoms with Crippen molar-refractivity contribution in [1.82, 2.24) is 5.32 Å². The summed E-state index contributed by atoms with van der Waals surface area (Å²) in [6.07, 6.45) is 0. The molecule has 0 aliphatic rings. The Morgan fingerprint density at radius 2 is 2.00 bits per heavy atom. The first-order valence-electron chi connectivity index (χ1n) is 6.32. The van der Waals surface area contributed by atoms with Crippen LogP contribution < -0.4 is 10.2 Å². The number of nitrogens with zero attached hydrogens (tertiary/aromatic N) is 1. The van der Waals surface area contributed by atoms with Crippen molar-refractivity contribution in [2.24, 2.45) is 5.41 Å². The number of benzene rings is 1. The maximum atomic E-state index is 3.35. The molecule has 0 radical (unpaired) electrons. The van der Waals surface area contributed by atoms with E-state index in [1.165, 1.54) is 11.3 Å². The van der Waals surface area contributed by atoms with Gasteiger partial charge in [-0.25, -0.2) is 0 Å². The molecule has 96 valence electrons. The van der Waals surface area contributed by atoms with E-state index in [-0.39, 0.29) is 5.41 Å². The van der Waals surface area contributed by atoms with Crippen molar-refractivity contribution >= 4 is 5.69 Å². The van der Waals surface area contributed by atoms with Gasteiger partial charge in [-0.2, -0.15) is 0 Å². The van der Waals surface area contributed by atoms with E-state index < -0.39 is 0 Å². The number of aryl methyl sites for hydroxylation is 1. The van der Waals surface area contributed by atoms with Crippen LogP contribution >= 0.6 is 0 Å². The molecule has 1 atom stereocenters. The van der Waals surface area contributed by atoms with Gasteiger partial charge >= 0.3 is 0 Å². The van der Waals surface area contributed by atoms with Gasteiger partial charge in [-0.1, -0.05) is 26.0 Å². The minimum Gasteiger partial charge on any atom is -0.374 e. The van der Waals surface area contributed by atoms with Gasteiger partial charge in [0.2, 0.25) is 0 Å². The fourth-order valence-corrected chi connectivity index (χ4v) is 2.10. The molecule has 1 unspecified atom stereocenters. The summed E-state index contributed by atoms with van der Waals surface area (Å²) in [5.74, 6) is 0. The molecule has 0 aliphatic carbocycles. The van der Waals surface area contributed by atoms with Crippen LogP contribution in [0.2, 0.25) is 0 Å². The van der Waals surface area contributed by atoms with Crippen LogP contribution in [0.15, 0.2) is 24.3 Å². The highest BCUT2D eigenvalue weighted by atomic mass is 15.1. The lowest BCUT2D eigenvalue weighted by atomic mass is 9.85. The maximum Gasteiger partial charge on any atom is 0.0366 e. The number of hydrogen-bond donors (Lipinski definition) is 1. The molecule has 17 heavy (non-hydrogen) atoms. The smallest absolute Gasteiger partial charge is 0.0366 e. The molecule has 1 aromatic rings. The molecule has 2 nitrogen and oxygen atoms in total. The molecule has 0 spiro atoms. The van der Waals surface area contributed by atoms with E-state index in [1.54, 1.807) is 0 Å². The average molecular weight is 234 g/mol. The average Bonchev–Trinajstić information content (AvgIpc) is 2.27. The monoisotopic (exact) mass is 234 g/mol. The Balaban J connectivity index is 2.75. The molecule has 0 aromatic heterocycles. The van der Waals surface area contributed by atoms with Crippen molar-refractivity contribution in [3.63, 3.8) is 0 Å². The topological polar surface area (TPSA) is 15.3 Å². The predicted molar refractivity (Wildman–Crippen MR) is 76.8 cm³/mol. The van der Waals surface area contributed by atoms with E-state index in [9.17, 15) is 0 Å². The van der Waals surface area contributed by atoms with Crippen LogP contribution in [0, 0.1) is 12.3 Å². The van der Waals surface area contributed by atoms with E-state index in [4.69, 9.17) is 0 Å². The Kier molecular flexibility index (Phi) is 4.58. The second-order valence-corrected chi connectivity index (χ2v) is 5.69. The molecular weight excluding hydrogens is 208 g/mol. The Hall–Kier alpha value is -1.02. The second-order valence-electron chi connectivity index (χ2n) is 5.69. The first-order valence-corrected chi connectivity index (χ1v) is 6.32. The van der Waals surface area contributed by atoms with Crippen molar-refractivity contribution in [2.75, 3.05) is 25.5 Å². The van der Waals surface area contributed by atoms with Crippen molar-refractivity contribution in [3.05, 3.63) is 29.8 Å². The summed E-state index contributed by atoms with van der Waals surface area (Å²) in [5.41, 5.74) is 2.85. The maximum absolute atomic E-state index is 3.35. The Morgan fingerprint density at radius 3 is 2.53 bits per heavy atom. The molecule has 0 heterocycles. The zero-order chi connectivity index (χ0) is 13.1. The van der Waals surface area contributed by atoms with Crippen molar-refractivity contribution in [1.29, 1.82) is 0 Å². The molecular formula is C15H26N2. The van der Waals surface area contributed by atoms with Gasteiger partial charge in [-0.3, -0.25) is 0 Å². The van der Waals surface area contributed by atoms with Crippen molar-refractivity contribution in [2.45, 2.75) is 33.7 Å². The van der Waals surface area contributed by atoms with Crippen LogP contribution in [0.4, 0.5) is 5.69 Å². The third-order valence-electron chi connectivity index (χ3n) is 3.69. The van der Waals surface area contributed by atoms with E-state index in [0.717, 1.165) is 6.54 Å². The van der Waals surface area contributed by atoms with Gasteiger partial charge in [0.15, 0.2) is 0 Å². The van der Waals surface area contributed by atoms with Crippen LogP contribution in [0.3, 0.4) is 0 Å². The SMILES string of the molecule is CNC(C)C(C)(C)CN(C)c1cccc(C)c1. The number of rotatable bonds is 5. The first kappa shape index (κ1) is 14.0. The van der Waals surface area contributed by atoms with Gasteiger partial charge in [0, 0.05) is 25.3 Å². The Morgan fingerprint density at radius 1 is 1.35 bits per heavy atom. The number of nitrogens with one attached hydrogen (secondary N) is 1. The summed E-state index contributed by atoms with van der Waals surface area (Å²) < 4.78 is 0. The van der Waals surface area contributed by atoms with Gasteiger partial charge < -0.3 is 10.2 Å². The van der Waals surface area contributed by atoms with Gasteiger partial charge in [0.25, 0.3) is 0 Å². The second kappa shape index (κ2) is 5.54. The third-order valence-corrected chi connectivity index (χ3v) is 3.69. The summed E-state index contributed by atoms with van der Waals surface area (Å²) in [6, 6.07) is 9.16. The highest BCUT2D eigenvalue weighted by molar-refractivity contribution is 5.47. The Bertz CT molecular complexity index is 358. The Labute approximate surface area is 106 Å². The number of anilines is 1. The minimum absolute atomic E-state index is 0.243. The number of hydrogen-bond acceptors (Lipinski definition) is 2. The third kappa shape index (κ3) is 3.74. The minimum atomic E-state index is 0.243. The lowest BCUT2D eigenvalue weighted by molar-refractivity contribution is 0.275. The summed E-state index contributed by atoms with van der Waals surface area (Å²) in [5, 5.41) is 3.35. The van der Waals surface area contributed by atoms with Crippen LogP contribution in [-0.4, -0.2) is 26.7 Å². The predicted octanol–water partition coefficient (Wildman–Crippen LogP) is 3.07. The van der Waals surface area contributed by atoms with Crippen LogP contribution in [0.5, 0.6) is 0 Å². The van der Waals surface area contributed by atoms with Gasteiger partial charge in [0.05, 0.1) is 0 Å². The van der Waals surface area contributed by atoms with Crippen molar-refractivity contribution in [3.8, 4) is 0 Å². The fraction of sp³-hybridized carbons (Fsp3) is 0.600. The van der Waals surface area contributed by atoms with E-state index in [2.05, 4.69) is 69.2 Å². The summed E-state index contributed by atoms with van der Waals surface area (Å²) in [7, 11) is 4.19. The van der Waals surface area contributed by atoms with Gasteiger partial charge in [0.1, 0.15) is 0 Å². The normalized spacial score (nSPS) is 13.5. The molecule has 1 aromatic carbocycles. The quantitative estimate of drug-likeness (QED) is 0.842. The van der Waals surface area contributed by atoms with Crippen LogP contribution in [-0.2, 0) is 0 Å². The van der Waals surface area contributed by atoms with Crippen LogP contribution in [0.25, 0.3) is 0 Å². The standard InChI is InChI=1S/C15H26N2/c1-12-8-7-9-14(10-12)17(6)11-15(3,4)13(2)16-5/h7-10,13,16H,11H2,1-6H3. The largest absolute Gasteiger partial charge is 0.374 e. The molecule has 0 amide bonds. The van der Waals surface area contributed by atoms with E-state index >= 15 is 0 Å². The lowest BCUT2D eigenvalue weighted by Crippen LogP contribution is -2.44. The zero-order valence-electron chi connectivity index (χ0n) is 12.0. The first-order chi connectivity index (χ1) is 7.86. The molecule has 0 aliphatic heterocycles. The highest BCUT2D eigenvalue weighted by Gasteiger charge is 2.26. The molecule has 0 fully saturated rings. The van der Waals surface area contributed by atoms with E-state index in [1.807, 2.05) is 7.05 Å². The van der Waals surface area contributed by atoms with E-state index in [0.29, 0.717) is 6.04 Å². The highest BCUT2D eigenvalue weighted by Crippen LogP contribution is 2.24. The summed E-state index contributed by atoms with van der Waals surface area (Å²) >= 11 is 0. The molecule has 2 heteroatoms. The fourth-order valence-electron chi connectivity index (χ4n) is 2.10. The summed E-state index contributed by atoms with van der Waals surface area (Å²) in [6.45, 7) is 10.0.